The summed E-state index contributed by atoms with van der Waals surface area (Å²) in [5, 5.41) is 21.4. The lowest BCUT2D eigenvalue weighted by atomic mass is 9.52. The van der Waals surface area contributed by atoms with Gasteiger partial charge in [-0.1, -0.05) is 33.8 Å². The number of nitrogens with zero attached hydrogens (tertiary/aromatic N) is 2. The molecule has 0 spiro atoms. The molecule has 0 aliphatic heterocycles. The molecule has 4 bridgehead atoms. The zero-order valence-corrected chi connectivity index (χ0v) is 21.1. The smallest absolute Gasteiger partial charge is 0.258 e. The summed E-state index contributed by atoms with van der Waals surface area (Å²) in [6.45, 7) is 10.6. The molecule has 2 atom stereocenters. The van der Waals surface area contributed by atoms with E-state index in [2.05, 4.69) is 29.6 Å². The van der Waals surface area contributed by atoms with Crippen LogP contribution in [-0.2, 0) is 4.79 Å². The summed E-state index contributed by atoms with van der Waals surface area (Å²) in [6.07, 6.45) is 9.99. The minimum atomic E-state index is -0.525. The summed E-state index contributed by atoms with van der Waals surface area (Å²) >= 11 is 0. The highest BCUT2D eigenvalue weighted by Crippen LogP contribution is 2.55. The highest BCUT2D eigenvalue weighted by atomic mass is 16.5. The molecule has 34 heavy (non-hydrogen) atoms. The molecule has 0 aromatic carbocycles. The summed E-state index contributed by atoms with van der Waals surface area (Å²) in [6, 6.07) is 0.0951. The third-order valence-corrected chi connectivity index (χ3v) is 7.55. The first-order chi connectivity index (χ1) is 15.9. The van der Waals surface area contributed by atoms with Gasteiger partial charge in [-0.15, -0.1) is 0 Å². The molecular weight excluding hydrogens is 432 g/mol. The first-order valence-electron chi connectivity index (χ1n) is 12.6. The summed E-state index contributed by atoms with van der Waals surface area (Å²) in [5.74, 6) is 1.76. The van der Waals surface area contributed by atoms with E-state index in [1.54, 1.807) is 17.1 Å². The molecule has 188 valence electrons. The molecule has 2 unspecified atom stereocenters. The van der Waals surface area contributed by atoms with Crippen molar-refractivity contribution in [1.82, 2.24) is 20.4 Å². The third kappa shape index (κ3) is 5.48. The fourth-order valence-electron chi connectivity index (χ4n) is 6.13. The Hall–Kier alpha value is -2.35. The van der Waals surface area contributed by atoms with Crippen molar-refractivity contribution in [2.24, 2.45) is 29.1 Å². The lowest BCUT2D eigenvalue weighted by Gasteiger charge is -2.58. The number of aromatic nitrogens is 2. The van der Waals surface area contributed by atoms with Crippen LogP contribution in [0.5, 0.6) is 5.88 Å². The van der Waals surface area contributed by atoms with Crippen LogP contribution in [0.4, 0.5) is 0 Å². The Morgan fingerprint density at radius 1 is 1.29 bits per heavy atom. The minimum absolute atomic E-state index is 0.0719. The van der Waals surface area contributed by atoms with Crippen LogP contribution in [-0.4, -0.2) is 51.5 Å². The lowest BCUT2D eigenvalue weighted by Crippen LogP contribution is -2.61. The Morgan fingerprint density at radius 2 is 1.97 bits per heavy atom. The summed E-state index contributed by atoms with van der Waals surface area (Å²) in [7, 11) is 0. The standard InChI is InChI=1S/C26H40N4O4/c1-16(2)14-34-24-21(13-28-30(24)7-6-25(4,5)15-27-17(3)31)23(32)29-22-19-8-18-9-20(22)12-26(33,10-18)11-19/h6-7,13,16,18-20,22,33H,8-12,14-15H2,1-5H3,(H,27,31)(H,29,32). The molecule has 4 saturated carbocycles. The molecule has 1 aromatic rings. The summed E-state index contributed by atoms with van der Waals surface area (Å²) in [4.78, 5) is 24.7. The van der Waals surface area contributed by atoms with Gasteiger partial charge < -0.3 is 20.5 Å². The summed E-state index contributed by atoms with van der Waals surface area (Å²) < 4.78 is 7.66. The van der Waals surface area contributed by atoms with Crippen LogP contribution in [0.15, 0.2) is 12.3 Å². The normalized spacial score (nSPS) is 30.2. The molecule has 2 amide bonds. The van der Waals surface area contributed by atoms with E-state index in [0.29, 0.717) is 48.3 Å². The molecule has 1 heterocycles. The molecule has 4 aliphatic carbocycles. The van der Waals surface area contributed by atoms with Gasteiger partial charge in [0.2, 0.25) is 11.8 Å². The molecule has 1 aromatic heterocycles. The van der Waals surface area contributed by atoms with Gasteiger partial charge in [0.1, 0.15) is 5.56 Å². The van der Waals surface area contributed by atoms with Crippen LogP contribution in [0.2, 0.25) is 0 Å². The number of carbonyl (C=O) groups excluding carboxylic acids is 2. The second-order valence-electron chi connectivity index (χ2n) is 11.9. The molecular formula is C26H40N4O4. The first-order valence-corrected chi connectivity index (χ1v) is 12.6. The lowest BCUT2D eigenvalue weighted by molar-refractivity contribution is -0.137. The number of nitrogens with one attached hydrogen (secondary N) is 2. The maximum Gasteiger partial charge on any atom is 0.258 e. The number of hydrogen-bond acceptors (Lipinski definition) is 5. The van der Waals surface area contributed by atoms with Gasteiger partial charge in [-0.2, -0.15) is 5.10 Å². The van der Waals surface area contributed by atoms with Gasteiger partial charge in [-0.05, 0) is 55.8 Å². The zero-order valence-electron chi connectivity index (χ0n) is 21.1. The van der Waals surface area contributed by atoms with Gasteiger partial charge in [-0.25, -0.2) is 4.68 Å². The van der Waals surface area contributed by atoms with E-state index >= 15 is 0 Å². The molecule has 5 rings (SSSR count). The molecule has 4 fully saturated rings. The maximum absolute atomic E-state index is 13.4. The van der Waals surface area contributed by atoms with E-state index in [1.165, 1.54) is 6.92 Å². The van der Waals surface area contributed by atoms with Crippen LogP contribution in [0.3, 0.4) is 0 Å². The van der Waals surface area contributed by atoms with Gasteiger partial charge in [0.15, 0.2) is 0 Å². The maximum atomic E-state index is 13.4. The van der Waals surface area contributed by atoms with E-state index in [0.717, 1.165) is 32.1 Å². The van der Waals surface area contributed by atoms with Gasteiger partial charge in [-0.3, -0.25) is 9.59 Å². The van der Waals surface area contributed by atoms with Crippen molar-refractivity contribution < 1.29 is 19.4 Å². The number of rotatable bonds is 9. The average molecular weight is 473 g/mol. The van der Waals surface area contributed by atoms with Crippen LogP contribution in [0.25, 0.3) is 6.20 Å². The van der Waals surface area contributed by atoms with Gasteiger partial charge in [0, 0.05) is 31.1 Å². The van der Waals surface area contributed by atoms with Crippen molar-refractivity contribution in [3.05, 3.63) is 17.8 Å². The highest BCUT2D eigenvalue weighted by Gasteiger charge is 2.55. The van der Waals surface area contributed by atoms with E-state index < -0.39 is 5.60 Å². The molecule has 0 saturated heterocycles. The Morgan fingerprint density at radius 3 is 2.56 bits per heavy atom. The van der Waals surface area contributed by atoms with Crippen molar-refractivity contribution >= 4 is 18.0 Å². The van der Waals surface area contributed by atoms with Crippen molar-refractivity contribution in [3.63, 3.8) is 0 Å². The fraction of sp³-hybridized carbons (Fsp3) is 0.731. The zero-order chi connectivity index (χ0) is 24.7. The van der Waals surface area contributed by atoms with Crippen molar-refractivity contribution in [2.45, 2.75) is 78.4 Å². The van der Waals surface area contributed by atoms with Crippen LogP contribution in [0, 0.1) is 29.1 Å². The summed E-state index contributed by atoms with van der Waals surface area (Å²) in [5.41, 5.74) is -0.392. The van der Waals surface area contributed by atoms with Crippen molar-refractivity contribution in [3.8, 4) is 5.88 Å². The number of carbonyl (C=O) groups is 2. The van der Waals surface area contributed by atoms with E-state index in [4.69, 9.17) is 4.74 Å². The fourth-order valence-corrected chi connectivity index (χ4v) is 6.13. The van der Waals surface area contributed by atoms with Crippen LogP contribution < -0.4 is 15.4 Å². The first kappa shape index (κ1) is 24.8. The third-order valence-electron chi connectivity index (χ3n) is 7.55. The average Bonchev–Trinajstić information content (AvgIpc) is 3.14. The van der Waals surface area contributed by atoms with Crippen LogP contribution >= 0.6 is 0 Å². The SMILES string of the molecule is CC(=O)NCC(C)(C)C=Cn1ncc(C(=O)NC2C3CC4CC2CC(O)(C4)C3)c1OCC(C)C. The number of ether oxygens (including phenoxy) is 1. The predicted octanol–water partition coefficient (Wildman–Crippen LogP) is 3.22. The Kier molecular flexibility index (Phi) is 6.82. The van der Waals surface area contributed by atoms with Gasteiger partial charge in [0.25, 0.3) is 5.91 Å². The molecule has 4 aliphatic rings. The quantitative estimate of drug-likeness (QED) is 0.512. The molecule has 0 radical (unpaired) electrons. The largest absolute Gasteiger partial charge is 0.477 e. The topological polar surface area (TPSA) is 105 Å². The van der Waals surface area contributed by atoms with Crippen LogP contribution in [0.1, 0.15) is 77.1 Å². The molecule has 8 nitrogen and oxygen atoms in total. The molecule has 3 N–H and O–H groups in total. The number of hydrogen-bond donors (Lipinski definition) is 3. The highest BCUT2D eigenvalue weighted by molar-refractivity contribution is 5.96. The van der Waals surface area contributed by atoms with Crippen molar-refractivity contribution in [1.29, 1.82) is 0 Å². The Bertz CT molecular complexity index is 935. The second kappa shape index (κ2) is 9.36. The number of aliphatic hydroxyl groups is 1. The van der Waals surface area contributed by atoms with E-state index in [9.17, 15) is 14.7 Å². The van der Waals surface area contributed by atoms with Gasteiger partial charge >= 0.3 is 0 Å². The van der Waals surface area contributed by atoms with E-state index in [1.807, 2.05) is 19.9 Å². The predicted molar refractivity (Wildman–Crippen MR) is 130 cm³/mol. The second-order valence-corrected chi connectivity index (χ2v) is 11.9. The van der Waals surface area contributed by atoms with Gasteiger partial charge in [0.05, 0.1) is 18.4 Å². The van der Waals surface area contributed by atoms with Crippen molar-refractivity contribution in [2.75, 3.05) is 13.2 Å². The Balaban J connectivity index is 1.51. The minimum Gasteiger partial charge on any atom is -0.477 e. The monoisotopic (exact) mass is 472 g/mol. The Labute approximate surface area is 202 Å². The molecule has 8 heteroatoms. The van der Waals surface area contributed by atoms with E-state index in [-0.39, 0.29) is 23.3 Å². The number of amides is 2.